The molecule has 0 aromatic carbocycles. The Morgan fingerprint density at radius 1 is 1.29 bits per heavy atom. The molecule has 0 aliphatic carbocycles. The number of hydrogen-bond acceptors (Lipinski definition) is 5. The first-order valence-corrected chi connectivity index (χ1v) is 7.08. The van der Waals surface area contributed by atoms with E-state index < -0.39 is 12.0 Å². The number of hydrogen-bond donors (Lipinski definition) is 2. The summed E-state index contributed by atoms with van der Waals surface area (Å²) < 4.78 is 4.80. The molecular weight excluding hydrogens is 276 g/mol. The summed E-state index contributed by atoms with van der Waals surface area (Å²) in [6.07, 6.45) is 0. The summed E-state index contributed by atoms with van der Waals surface area (Å²) in [4.78, 5) is 29.1. The Morgan fingerprint density at radius 2 is 1.90 bits per heavy atom. The molecule has 1 heterocycles. The summed E-state index contributed by atoms with van der Waals surface area (Å²) in [6, 6.07) is -1.35. The van der Waals surface area contributed by atoms with E-state index in [9.17, 15) is 9.59 Å². The third kappa shape index (κ3) is 6.28. The first-order chi connectivity index (χ1) is 9.93. The van der Waals surface area contributed by atoms with E-state index in [0.29, 0.717) is 13.1 Å². The summed E-state index contributed by atoms with van der Waals surface area (Å²) in [6.45, 7) is 4.76. The number of nitrogens with one attached hydrogen (secondary N) is 1. The van der Waals surface area contributed by atoms with Crippen molar-refractivity contribution < 1.29 is 19.4 Å². The van der Waals surface area contributed by atoms with E-state index in [1.165, 1.54) is 7.11 Å². The van der Waals surface area contributed by atoms with Crippen LogP contribution in [0.15, 0.2) is 0 Å². The van der Waals surface area contributed by atoms with Crippen molar-refractivity contribution in [2.45, 2.75) is 6.04 Å². The molecule has 122 valence electrons. The first kappa shape index (κ1) is 17.7. The summed E-state index contributed by atoms with van der Waals surface area (Å²) >= 11 is 0. The Labute approximate surface area is 125 Å². The van der Waals surface area contributed by atoms with Crippen LogP contribution < -0.4 is 5.32 Å². The number of likely N-dealkylation sites (N-methyl/N-ethyl adjacent to an activating group) is 1. The number of aliphatic carboxylic acids is 1. The molecule has 0 spiro atoms. The quantitative estimate of drug-likeness (QED) is 0.626. The lowest BCUT2D eigenvalue weighted by Gasteiger charge is -2.35. The Bertz CT molecular complexity index is 343. The average Bonchev–Trinajstić information content (AvgIpc) is 2.45. The Kier molecular flexibility index (Phi) is 7.41. The van der Waals surface area contributed by atoms with Crippen LogP contribution in [0.25, 0.3) is 0 Å². The maximum absolute atomic E-state index is 12.0. The lowest BCUT2D eigenvalue weighted by Crippen LogP contribution is -2.55. The molecule has 1 aliphatic heterocycles. The van der Waals surface area contributed by atoms with Crippen LogP contribution in [0.4, 0.5) is 4.79 Å². The van der Waals surface area contributed by atoms with Gasteiger partial charge in [-0.15, -0.1) is 0 Å². The predicted molar refractivity (Wildman–Crippen MR) is 78.4 cm³/mol. The van der Waals surface area contributed by atoms with Gasteiger partial charge in [0.1, 0.15) is 0 Å². The molecule has 8 nitrogen and oxygen atoms in total. The highest BCUT2D eigenvalue weighted by molar-refractivity contribution is 5.82. The largest absolute Gasteiger partial charge is 0.480 e. The average molecular weight is 302 g/mol. The summed E-state index contributed by atoms with van der Waals surface area (Å²) in [5.41, 5.74) is 0. The molecule has 0 aromatic rings. The van der Waals surface area contributed by atoms with Crippen molar-refractivity contribution in [3.8, 4) is 0 Å². The number of piperazine rings is 1. The van der Waals surface area contributed by atoms with Gasteiger partial charge in [-0.25, -0.2) is 9.59 Å². The van der Waals surface area contributed by atoms with Gasteiger partial charge in [-0.1, -0.05) is 0 Å². The number of carboxylic acids is 1. The Morgan fingerprint density at radius 3 is 2.38 bits per heavy atom. The minimum Gasteiger partial charge on any atom is -0.480 e. The maximum atomic E-state index is 12.0. The number of carbonyl (C=O) groups excluding carboxylic acids is 1. The van der Waals surface area contributed by atoms with Crippen LogP contribution in [0.2, 0.25) is 0 Å². The van der Waals surface area contributed by atoms with Crippen molar-refractivity contribution >= 4 is 12.0 Å². The van der Waals surface area contributed by atoms with Crippen LogP contribution in [-0.4, -0.2) is 105 Å². The molecule has 2 N–H and O–H groups in total. The molecule has 21 heavy (non-hydrogen) atoms. The highest BCUT2D eigenvalue weighted by atomic mass is 16.5. The highest BCUT2D eigenvalue weighted by Gasteiger charge is 2.25. The van der Waals surface area contributed by atoms with E-state index in [2.05, 4.69) is 15.1 Å². The van der Waals surface area contributed by atoms with Crippen LogP contribution >= 0.6 is 0 Å². The fraction of sp³-hybridized carbons (Fsp3) is 0.846. The molecule has 1 saturated heterocycles. The van der Waals surface area contributed by atoms with E-state index in [1.54, 1.807) is 4.90 Å². The van der Waals surface area contributed by atoms with Crippen LogP contribution in [0.3, 0.4) is 0 Å². The molecule has 2 amide bonds. The van der Waals surface area contributed by atoms with E-state index in [-0.39, 0.29) is 12.6 Å². The zero-order chi connectivity index (χ0) is 15.8. The molecule has 1 unspecified atom stereocenters. The van der Waals surface area contributed by atoms with Crippen molar-refractivity contribution in [2.75, 3.05) is 67.1 Å². The Hall–Kier alpha value is -1.38. The number of carboxylic acid groups (broad SMARTS) is 1. The smallest absolute Gasteiger partial charge is 0.328 e. The minimum atomic E-state index is -1.09. The number of nitrogens with zero attached hydrogens (tertiary/aromatic N) is 3. The molecule has 1 fully saturated rings. The minimum absolute atomic E-state index is 0.0378. The van der Waals surface area contributed by atoms with Gasteiger partial charge in [0.05, 0.1) is 6.61 Å². The highest BCUT2D eigenvalue weighted by Crippen LogP contribution is 2.02. The van der Waals surface area contributed by atoms with E-state index >= 15 is 0 Å². The molecule has 1 atom stereocenters. The predicted octanol–water partition coefficient (Wildman–Crippen LogP) is -1.03. The molecule has 1 aliphatic rings. The summed E-state index contributed by atoms with van der Waals surface area (Å²) in [5, 5.41) is 11.5. The normalized spacial score (nSPS) is 17.8. The monoisotopic (exact) mass is 302 g/mol. The van der Waals surface area contributed by atoms with Crippen LogP contribution in [0, 0.1) is 0 Å². The van der Waals surface area contributed by atoms with Gasteiger partial charge in [0, 0.05) is 46.4 Å². The molecule has 0 radical (unpaired) electrons. The van der Waals surface area contributed by atoms with Gasteiger partial charge in [0.2, 0.25) is 0 Å². The van der Waals surface area contributed by atoms with Crippen molar-refractivity contribution in [3.63, 3.8) is 0 Å². The molecule has 1 rings (SSSR count). The second-order valence-electron chi connectivity index (χ2n) is 5.43. The first-order valence-electron chi connectivity index (χ1n) is 7.08. The zero-order valence-electron chi connectivity index (χ0n) is 13.0. The van der Waals surface area contributed by atoms with Crippen LogP contribution in [0.5, 0.6) is 0 Å². The van der Waals surface area contributed by atoms with Gasteiger partial charge in [-0.2, -0.15) is 0 Å². The number of ether oxygens (including phenoxy) is 1. The van der Waals surface area contributed by atoms with E-state index in [4.69, 9.17) is 9.84 Å². The third-order valence-electron chi connectivity index (χ3n) is 3.45. The molecule has 0 saturated carbocycles. The van der Waals surface area contributed by atoms with E-state index in [1.807, 2.05) is 14.1 Å². The zero-order valence-corrected chi connectivity index (χ0v) is 13.0. The SMILES string of the molecule is COCC(NC(=O)N1CCN(CCN(C)C)CC1)C(=O)O. The number of rotatable bonds is 7. The maximum Gasteiger partial charge on any atom is 0.328 e. The van der Waals surface area contributed by atoms with Crippen LogP contribution in [0.1, 0.15) is 0 Å². The van der Waals surface area contributed by atoms with Gasteiger partial charge in [-0.3, -0.25) is 4.90 Å². The lowest BCUT2D eigenvalue weighted by atomic mass is 10.3. The van der Waals surface area contributed by atoms with Gasteiger partial charge in [0.15, 0.2) is 6.04 Å². The summed E-state index contributed by atoms with van der Waals surface area (Å²) in [5.74, 6) is -1.09. The number of carbonyl (C=O) groups is 2. The van der Waals surface area contributed by atoms with Crippen molar-refractivity contribution in [2.24, 2.45) is 0 Å². The second kappa shape index (κ2) is 8.81. The van der Waals surface area contributed by atoms with Gasteiger partial charge in [0.25, 0.3) is 0 Å². The summed E-state index contributed by atoms with van der Waals surface area (Å²) in [7, 11) is 5.47. The van der Waals surface area contributed by atoms with Gasteiger partial charge in [-0.05, 0) is 14.1 Å². The second-order valence-corrected chi connectivity index (χ2v) is 5.43. The van der Waals surface area contributed by atoms with Gasteiger partial charge < -0.3 is 25.0 Å². The molecular formula is C13H26N4O4. The molecule has 8 heteroatoms. The number of urea groups is 1. The third-order valence-corrected chi connectivity index (χ3v) is 3.45. The van der Waals surface area contributed by atoms with Crippen molar-refractivity contribution in [3.05, 3.63) is 0 Å². The topological polar surface area (TPSA) is 85.4 Å². The van der Waals surface area contributed by atoms with Gasteiger partial charge >= 0.3 is 12.0 Å². The number of methoxy groups -OCH3 is 1. The fourth-order valence-corrected chi connectivity index (χ4v) is 2.10. The van der Waals surface area contributed by atoms with E-state index in [0.717, 1.165) is 26.2 Å². The van der Waals surface area contributed by atoms with Crippen molar-refractivity contribution in [1.29, 1.82) is 0 Å². The number of amides is 2. The standard InChI is InChI=1S/C13H26N4O4/c1-15(2)4-5-16-6-8-17(9-7-16)13(20)14-11(10-21-3)12(18)19/h11H,4-10H2,1-3H3,(H,14,20)(H,18,19). The van der Waals surface area contributed by atoms with Crippen molar-refractivity contribution in [1.82, 2.24) is 20.0 Å². The molecule has 0 aromatic heterocycles. The Balaban J connectivity index is 2.35. The fourth-order valence-electron chi connectivity index (χ4n) is 2.10. The molecule has 0 bridgehead atoms. The van der Waals surface area contributed by atoms with Crippen LogP contribution in [-0.2, 0) is 9.53 Å². The lowest BCUT2D eigenvalue weighted by molar-refractivity contribution is -0.140.